The van der Waals surface area contributed by atoms with Crippen LogP contribution in [0.25, 0.3) is 0 Å². The first-order chi connectivity index (χ1) is 5.15. The summed E-state index contributed by atoms with van der Waals surface area (Å²) in [4.78, 5) is 0. The van der Waals surface area contributed by atoms with Gasteiger partial charge in [0, 0.05) is 5.69 Å². The molecule has 0 saturated carbocycles. The second-order valence-electron chi connectivity index (χ2n) is 1.56. The Labute approximate surface area is 56.3 Å². The Kier molecular flexibility index (Phi) is 0.855. The fourth-order valence-electron chi connectivity index (χ4n) is 0.459. The van der Waals surface area contributed by atoms with Crippen molar-refractivity contribution in [2.45, 2.75) is 0 Å². The van der Waals surface area contributed by atoms with E-state index in [1.165, 1.54) is 12.1 Å². The summed E-state index contributed by atoms with van der Waals surface area (Å²) < 4.78 is 14.4. The number of nitrogens with zero attached hydrogens (tertiary/aromatic N) is 1. The van der Waals surface area contributed by atoms with Gasteiger partial charge in [-0.2, -0.15) is 5.26 Å². The van der Waals surface area contributed by atoms with Crippen LogP contribution in [-0.2, 0) is 0 Å². The fourth-order valence-corrected chi connectivity index (χ4v) is 0.459. The normalized spacial score (nSPS) is 11.4. The first kappa shape index (κ1) is 3.52. The van der Waals surface area contributed by atoms with Crippen LogP contribution in [0.15, 0.2) is 24.2 Å². The molecule has 0 aromatic heterocycles. The SMILES string of the molecule is [2H]c1cc(C#N)cc([2H])c1N. The largest absolute Gasteiger partial charge is 0.399 e. The number of nitrogen functional groups attached to an aromatic ring is 1. The van der Waals surface area contributed by atoms with E-state index in [1.807, 2.05) is 6.07 Å². The van der Waals surface area contributed by atoms with Crippen LogP contribution in [0.5, 0.6) is 0 Å². The van der Waals surface area contributed by atoms with Gasteiger partial charge in [-0.3, -0.25) is 0 Å². The van der Waals surface area contributed by atoms with Crippen LogP contribution in [0.1, 0.15) is 8.30 Å². The van der Waals surface area contributed by atoms with Gasteiger partial charge in [0.25, 0.3) is 0 Å². The Balaban J connectivity index is 3.35. The van der Waals surface area contributed by atoms with E-state index in [1.54, 1.807) is 0 Å². The molecular weight excluding hydrogens is 112 g/mol. The quantitative estimate of drug-likeness (QED) is 0.522. The fraction of sp³-hybridized carbons (Fsp3) is 0. The van der Waals surface area contributed by atoms with Gasteiger partial charge in [-0.25, -0.2) is 0 Å². The van der Waals surface area contributed by atoms with E-state index < -0.39 is 0 Å². The van der Waals surface area contributed by atoms with Crippen LogP contribution >= 0.6 is 0 Å². The lowest BCUT2D eigenvalue weighted by Gasteiger charge is -1.88. The van der Waals surface area contributed by atoms with Crippen molar-refractivity contribution in [3.05, 3.63) is 29.8 Å². The molecule has 2 N–H and O–H groups in total. The van der Waals surface area contributed by atoms with Gasteiger partial charge in [0.2, 0.25) is 0 Å². The van der Waals surface area contributed by atoms with Crippen molar-refractivity contribution < 1.29 is 2.74 Å². The number of hydrogen-bond donors (Lipinski definition) is 1. The predicted octanol–water partition coefficient (Wildman–Crippen LogP) is 1.14. The third-order valence-electron chi connectivity index (χ3n) is 0.895. The Bertz CT molecular complexity index is 305. The molecule has 1 aromatic rings. The van der Waals surface area contributed by atoms with Gasteiger partial charge < -0.3 is 5.73 Å². The van der Waals surface area contributed by atoms with E-state index >= 15 is 0 Å². The van der Waals surface area contributed by atoms with Gasteiger partial charge in [-0.15, -0.1) is 0 Å². The first-order valence-corrected chi connectivity index (χ1v) is 2.42. The van der Waals surface area contributed by atoms with E-state index in [0.29, 0.717) is 5.56 Å². The Morgan fingerprint density at radius 2 is 2.11 bits per heavy atom. The molecule has 0 amide bonds. The molecule has 0 aliphatic rings. The van der Waals surface area contributed by atoms with Crippen molar-refractivity contribution in [2.24, 2.45) is 0 Å². The van der Waals surface area contributed by atoms with Gasteiger partial charge in [-0.1, -0.05) is 0 Å². The van der Waals surface area contributed by atoms with Gasteiger partial charge in [0.05, 0.1) is 14.4 Å². The summed E-state index contributed by atoms with van der Waals surface area (Å²) in [5, 5.41) is 8.42. The highest BCUT2D eigenvalue weighted by atomic mass is 14.5. The average molecular weight is 120 g/mol. The number of anilines is 1. The zero-order chi connectivity index (χ0) is 8.43. The topological polar surface area (TPSA) is 49.8 Å². The first-order valence-electron chi connectivity index (χ1n) is 3.42. The van der Waals surface area contributed by atoms with Crippen LogP contribution < -0.4 is 5.73 Å². The van der Waals surface area contributed by atoms with Crippen molar-refractivity contribution in [2.75, 3.05) is 5.73 Å². The number of benzene rings is 1. The number of rotatable bonds is 0. The minimum Gasteiger partial charge on any atom is -0.399 e. The minimum atomic E-state index is 0.0362. The maximum atomic E-state index is 8.42. The van der Waals surface area contributed by atoms with E-state index in [9.17, 15) is 0 Å². The predicted molar refractivity (Wildman–Crippen MR) is 35.6 cm³/mol. The summed E-state index contributed by atoms with van der Waals surface area (Å²) in [6, 6.07) is 4.59. The van der Waals surface area contributed by atoms with Crippen LogP contribution in [0.3, 0.4) is 0 Å². The Morgan fingerprint density at radius 3 is 2.56 bits per heavy atom. The summed E-state index contributed by atoms with van der Waals surface area (Å²) >= 11 is 0. The van der Waals surface area contributed by atoms with E-state index in [-0.39, 0.29) is 17.8 Å². The molecule has 0 saturated heterocycles. The van der Waals surface area contributed by atoms with Gasteiger partial charge in [0.15, 0.2) is 0 Å². The van der Waals surface area contributed by atoms with Gasteiger partial charge in [-0.05, 0) is 24.2 Å². The maximum absolute atomic E-state index is 8.42. The minimum absolute atomic E-state index is 0.0362. The lowest BCUT2D eigenvalue weighted by atomic mass is 10.2. The van der Waals surface area contributed by atoms with Crippen molar-refractivity contribution >= 4 is 5.69 Å². The summed E-state index contributed by atoms with van der Waals surface area (Å²) in [5.74, 6) is 0. The summed E-state index contributed by atoms with van der Waals surface area (Å²) in [6.07, 6.45) is 0. The van der Waals surface area contributed by atoms with Gasteiger partial charge in [0.1, 0.15) is 0 Å². The lowest BCUT2D eigenvalue weighted by Crippen LogP contribution is -1.82. The molecule has 9 heavy (non-hydrogen) atoms. The molecule has 0 aliphatic carbocycles. The zero-order valence-electron chi connectivity index (χ0n) is 6.68. The molecule has 0 fully saturated rings. The van der Waals surface area contributed by atoms with Gasteiger partial charge >= 0.3 is 0 Å². The van der Waals surface area contributed by atoms with Crippen molar-refractivity contribution in [1.82, 2.24) is 0 Å². The highest BCUT2D eigenvalue weighted by Gasteiger charge is 1.85. The van der Waals surface area contributed by atoms with Crippen LogP contribution in [0.4, 0.5) is 5.69 Å². The molecule has 0 atom stereocenters. The Hall–Kier alpha value is -1.49. The second-order valence-corrected chi connectivity index (χ2v) is 1.56. The molecule has 0 radical (unpaired) electrons. The highest BCUT2D eigenvalue weighted by molar-refractivity contribution is 5.42. The van der Waals surface area contributed by atoms with E-state index in [4.69, 9.17) is 13.7 Å². The smallest absolute Gasteiger partial charge is 0.0991 e. The molecule has 0 bridgehead atoms. The van der Waals surface area contributed by atoms with Crippen LogP contribution in [0.2, 0.25) is 0 Å². The molecule has 0 spiro atoms. The maximum Gasteiger partial charge on any atom is 0.0991 e. The second kappa shape index (κ2) is 2.19. The molecule has 1 aromatic carbocycles. The molecule has 44 valence electrons. The average Bonchev–Trinajstić information content (AvgIpc) is 1.99. The number of nitrogens with two attached hydrogens (primary N) is 1. The van der Waals surface area contributed by atoms with Crippen molar-refractivity contribution in [1.29, 1.82) is 5.26 Å². The number of hydrogen-bond acceptors (Lipinski definition) is 2. The molecule has 2 nitrogen and oxygen atoms in total. The van der Waals surface area contributed by atoms with Crippen molar-refractivity contribution in [3.63, 3.8) is 0 Å². The highest BCUT2D eigenvalue weighted by Crippen LogP contribution is 2.02. The molecule has 1 rings (SSSR count). The lowest BCUT2D eigenvalue weighted by molar-refractivity contribution is 1.49. The van der Waals surface area contributed by atoms with Crippen LogP contribution in [0, 0.1) is 11.3 Å². The monoisotopic (exact) mass is 120 g/mol. The third kappa shape index (κ3) is 1.20. The summed E-state index contributed by atoms with van der Waals surface area (Å²) in [5.41, 5.74) is 5.74. The number of nitriles is 1. The van der Waals surface area contributed by atoms with E-state index in [0.717, 1.165) is 0 Å². The zero-order valence-corrected chi connectivity index (χ0v) is 4.68. The molecule has 0 heterocycles. The molecule has 0 unspecified atom stereocenters. The standard InChI is InChI=1S/C7H6N2/c8-5-6-1-3-7(9)4-2-6/h1-4H,9H2/i3D,4D. The Morgan fingerprint density at radius 1 is 1.56 bits per heavy atom. The molecule has 0 aliphatic heterocycles. The summed E-state index contributed by atoms with van der Waals surface area (Å²) in [6.45, 7) is 0. The molecular formula is C7H6N2. The third-order valence-corrected chi connectivity index (χ3v) is 0.895. The van der Waals surface area contributed by atoms with Crippen molar-refractivity contribution in [3.8, 4) is 6.07 Å². The molecule has 2 heteroatoms. The summed E-state index contributed by atoms with van der Waals surface area (Å²) in [7, 11) is 0. The van der Waals surface area contributed by atoms with Crippen LogP contribution in [-0.4, -0.2) is 0 Å². The van der Waals surface area contributed by atoms with E-state index in [2.05, 4.69) is 0 Å².